The molecule has 0 aromatic heterocycles. The van der Waals surface area contributed by atoms with Gasteiger partial charge in [0.15, 0.2) is 0 Å². The molecular weight excluding hydrogens is 290 g/mol. The van der Waals surface area contributed by atoms with Crippen LogP contribution >= 0.6 is 11.6 Å². The van der Waals surface area contributed by atoms with Crippen LogP contribution in [0.15, 0.2) is 42.5 Å². The van der Waals surface area contributed by atoms with E-state index in [4.69, 9.17) is 16.3 Å². The number of hydrogen-bond acceptors (Lipinski definition) is 3. The van der Waals surface area contributed by atoms with E-state index in [9.17, 15) is 9.59 Å². The Kier molecular flexibility index (Phi) is 4.60. The van der Waals surface area contributed by atoms with Gasteiger partial charge in [-0.3, -0.25) is 9.59 Å². The quantitative estimate of drug-likeness (QED) is 0.692. The molecule has 0 bridgehead atoms. The van der Waals surface area contributed by atoms with Crippen molar-refractivity contribution in [3.8, 4) is 5.75 Å². The van der Waals surface area contributed by atoms with Crippen LogP contribution in [0.1, 0.15) is 22.8 Å². The van der Waals surface area contributed by atoms with Crippen LogP contribution in [0.25, 0.3) is 0 Å². The van der Waals surface area contributed by atoms with Gasteiger partial charge in [-0.1, -0.05) is 23.7 Å². The van der Waals surface area contributed by atoms with Crippen LogP contribution < -0.4 is 10.1 Å². The van der Waals surface area contributed by atoms with Gasteiger partial charge in [-0.2, -0.15) is 0 Å². The number of carbonyl (C=O) groups excluding carboxylic acids is 2. The second-order valence-corrected chi connectivity index (χ2v) is 4.90. The zero-order chi connectivity index (χ0) is 15.4. The SMILES string of the molecule is CC(=O)Oc1cccc(C(=O)Nc2cccc(Cl)c2C)c1. The van der Waals surface area contributed by atoms with Gasteiger partial charge in [-0.05, 0) is 42.8 Å². The maximum Gasteiger partial charge on any atom is 0.308 e. The number of ether oxygens (including phenoxy) is 1. The fourth-order valence-electron chi connectivity index (χ4n) is 1.80. The van der Waals surface area contributed by atoms with Crippen molar-refractivity contribution in [2.75, 3.05) is 5.32 Å². The summed E-state index contributed by atoms with van der Waals surface area (Å²) in [5, 5.41) is 3.37. The third kappa shape index (κ3) is 3.83. The Labute approximate surface area is 127 Å². The number of benzene rings is 2. The Morgan fingerprint density at radius 2 is 1.86 bits per heavy atom. The monoisotopic (exact) mass is 303 g/mol. The smallest absolute Gasteiger partial charge is 0.308 e. The molecule has 0 saturated carbocycles. The van der Waals surface area contributed by atoms with E-state index in [2.05, 4.69) is 5.32 Å². The maximum absolute atomic E-state index is 12.2. The topological polar surface area (TPSA) is 55.4 Å². The minimum absolute atomic E-state index is 0.297. The third-order valence-electron chi connectivity index (χ3n) is 2.87. The van der Waals surface area contributed by atoms with E-state index >= 15 is 0 Å². The molecule has 5 heteroatoms. The highest BCUT2D eigenvalue weighted by molar-refractivity contribution is 6.31. The van der Waals surface area contributed by atoms with Crippen molar-refractivity contribution in [2.45, 2.75) is 13.8 Å². The third-order valence-corrected chi connectivity index (χ3v) is 3.28. The van der Waals surface area contributed by atoms with E-state index in [0.717, 1.165) is 5.56 Å². The van der Waals surface area contributed by atoms with E-state index in [1.165, 1.54) is 13.0 Å². The van der Waals surface area contributed by atoms with Crippen LogP contribution in [0.2, 0.25) is 5.02 Å². The molecule has 108 valence electrons. The van der Waals surface area contributed by atoms with Gasteiger partial charge in [0.05, 0.1) is 0 Å². The standard InChI is InChI=1S/C16H14ClNO3/c1-10-14(17)7-4-8-15(10)18-16(20)12-5-3-6-13(9-12)21-11(2)19/h3-9H,1-2H3,(H,18,20). The molecule has 4 nitrogen and oxygen atoms in total. The maximum atomic E-state index is 12.2. The molecule has 1 N–H and O–H groups in total. The highest BCUT2D eigenvalue weighted by Gasteiger charge is 2.10. The first-order valence-electron chi connectivity index (χ1n) is 6.32. The lowest BCUT2D eigenvalue weighted by molar-refractivity contribution is -0.131. The van der Waals surface area contributed by atoms with Gasteiger partial charge in [0, 0.05) is 23.2 Å². The van der Waals surface area contributed by atoms with Crippen LogP contribution in [0.3, 0.4) is 0 Å². The molecule has 0 unspecified atom stereocenters. The lowest BCUT2D eigenvalue weighted by Crippen LogP contribution is -2.13. The first-order chi connectivity index (χ1) is 9.97. The lowest BCUT2D eigenvalue weighted by atomic mass is 10.1. The molecule has 0 spiro atoms. The summed E-state index contributed by atoms with van der Waals surface area (Å²) in [6, 6.07) is 11.7. The van der Waals surface area contributed by atoms with E-state index < -0.39 is 5.97 Å². The molecule has 0 fully saturated rings. The number of anilines is 1. The number of rotatable bonds is 3. The van der Waals surface area contributed by atoms with Crippen molar-refractivity contribution in [1.29, 1.82) is 0 Å². The Morgan fingerprint density at radius 1 is 1.14 bits per heavy atom. The number of esters is 1. The van der Waals surface area contributed by atoms with Gasteiger partial charge in [0.1, 0.15) is 5.75 Å². The van der Waals surface area contributed by atoms with Crippen LogP contribution in [0, 0.1) is 6.92 Å². The molecule has 0 radical (unpaired) electrons. The number of hydrogen-bond donors (Lipinski definition) is 1. The van der Waals surface area contributed by atoms with Crippen LogP contribution in [-0.4, -0.2) is 11.9 Å². The van der Waals surface area contributed by atoms with Crippen molar-refractivity contribution >= 4 is 29.2 Å². The summed E-state index contributed by atoms with van der Waals surface area (Å²) in [5.74, 6) is -0.398. The fourth-order valence-corrected chi connectivity index (χ4v) is 1.98. The molecule has 2 aromatic rings. The summed E-state index contributed by atoms with van der Waals surface area (Å²) in [5.41, 5.74) is 1.84. The van der Waals surface area contributed by atoms with Gasteiger partial charge >= 0.3 is 5.97 Å². The second-order valence-electron chi connectivity index (χ2n) is 4.49. The number of nitrogens with one attached hydrogen (secondary N) is 1. The van der Waals surface area contributed by atoms with Crippen molar-refractivity contribution in [3.63, 3.8) is 0 Å². The molecule has 1 amide bonds. The molecular formula is C16H14ClNO3. The first kappa shape index (κ1) is 15.1. The fraction of sp³-hybridized carbons (Fsp3) is 0.125. The highest BCUT2D eigenvalue weighted by atomic mass is 35.5. The first-order valence-corrected chi connectivity index (χ1v) is 6.70. The minimum Gasteiger partial charge on any atom is -0.427 e. The van der Waals surface area contributed by atoms with E-state index in [0.29, 0.717) is 22.0 Å². The van der Waals surface area contributed by atoms with Gasteiger partial charge in [-0.15, -0.1) is 0 Å². The van der Waals surface area contributed by atoms with Gasteiger partial charge in [0.2, 0.25) is 0 Å². The molecule has 0 aliphatic carbocycles. The van der Waals surface area contributed by atoms with Crippen molar-refractivity contribution in [2.24, 2.45) is 0 Å². The Morgan fingerprint density at radius 3 is 2.57 bits per heavy atom. The van der Waals surface area contributed by atoms with E-state index in [1.54, 1.807) is 36.4 Å². The predicted molar refractivity (Wildman–Crippen MR) is 81.9 cm³/mol. The zero-order valence-electron chi connectivity index (χ0n) is 11.6. The van der Waals surface area contributed by atoms with Crippen LogP contribution in [0.4, 0.5) is 5.69 Å². The minimum atomic E-state index is -0.432. The summed E-state index contributed by atoms with van der Waals surface area (Å²) in [7, 11) is 0. The molecule has 21 heavy (non-hydrogen) atoms. The summed E-state index contributed by atoms with van der Waals surface area (Å²) in [6.07, 6.45) is 0. The molecule has 2 aromatic carbocycles. The summed E-state index contributed by atoms with van der Waals surface area (Å²) >= 11 is 6.02. The number of carbonyl (C=O) groups is 2. The van der Waals surface area contributed by atoms with Crippen LogP contribution in [-0.2, 0) is 4.79 Å². The van der Waals surface area contributed by atoms with Crippen molar-refractivity contribution in [1.82, 2.24) is 0 Å². The molecule has 0 aliphatic heterocycles. The molecule has 0 atom stereocenters. The molecule has 0 saturated heterocycles. The average Bonchev–Trinajstić information content (AvgIpc) is 2.43. The molecule has 0 heterocycles. The van der Waals surface area contributed by atoms with E-state index in [-0.39, 0.29) is 5.91 Å². The molecule has 0 aliphatic rings. The summed E-state index contributed by atoms with van der Waals surface area (Å²) < 4.78 is 4.96. The lowest BCUT2D eigenvalue weighted by Gasteiger charge is -2.10. The number of amides is 1. The summed E-state index contributed by atoms with van der Waals surface area (Å²) in [4.78, 5) is 23.2. The van der Waals surface area contributed by atoms with Crippen molar-refractivity contribution in [3.05, 3.63) is 58.6 Å². The Balaban J connectivity index is 2.20. The number of halogens is 1. The summed E-state index contributed by atoms with van der Waals surface area (Å²) in [6.45, 7) is 3.13. The highest BCUT2D eigenvalue weighted by Crippen LogP contribution is 2.24. The van der Waals surface area contributed by atoms with Gasteiger partial charge < -0.3 is 10.1 Å². The van der Waals surface area contributed by atoms with Crippen LogP contribution in [0.5, 0.6) is 5.75 Å². The zero-order valence-corrected chi connectivity index (χ0v) is 12.4. The second kappa shape index (κ2) is 6.41. The predicted octanol–water partition coefficient (Wildman–Crippen LogP) is 3.83. The average molecular weight is 304 g/mol. The molecule has 2 rings (SSSR count). The van der Waals surface area contributed by atoms with Gasteiger partial charge in [0.25, 0.3) is 5.91 Å². The normalized spacial score (nSPS) is 10.0. The van der Waals surface area contributed by atoms with Gasteiger partial charge in [-0.25, -0.2) is 0 Å². The Hall–Kier alpha value is -2.33. The van der Waals surface area contributed by atoms with E-state index in [1.807, 2.05) is 6.92 Å². The largest absolute Gasteiger partial charge is 0.427 e. The van der Waals surface area contributed by atoms with Crippen molar-refractivity contribution < 1.29 is 14.3 Å². The Bertz CT molecular complexity index is 698.